The van der Waals surface area contributed by atoms with E-state index in [0.29, 0.717) is 19.4 Å². The summed E-state index contributed by atoms with van der Waals surface area (Å²) in [6.45, 7) is 12.1. The van der Waals surface area contributed by atoms with E-state index in [-0.39, 0.29) is 24.2 Å². The average molecular weight is 574 g/mol. The van der Waals surface area contributed by atoms with Gasteiger partial charge in [-0.3, -0.25) is 0 Å². The van der Waals surface area contributed by atoms with E-state index in [4.69, 9.17) is 13.9 Å². The first kappa shape index (κ1) is 30.5. The van der Waals surface area contributed by atoms with Crippen LogP contribution in [0, 0.1) is 0 Å². The number of carbonyl (C=O) groups is 2. The zero-order valence-corrected chi connectivity index (χ0v) is 25.9. The Morgan fingerprint density at radius 2 is 1.41 bits per heavy atom. The van der Waals surface area contributed by atoms with Crippen molar-refractivity contribution in [2.24, 2.45) is 0 Å². The summed E-state index contributed by atoms with van der Waals surface area (Å²) in [5, 5.41) is 2.93. The zero-order chi connectivity index (χ0) is 29.5. The van der Waals surface area contributed by atoms with Crippen LogP contribution < -0.4 is 5.32 Å². The third-order valence-electron chi connectivity index (χ3n) is 8.30. The molecule has 0 unspecified atom stereocenters. The van der Waals surface area contributed by atoms with Gasteiger partial charge in [0, 0.05) is 12.5 Å². The van der Waals surface area contributed by atoms with Gasteiger partial charge in [0.1, 0.15) is 19.3 Å². The van der Waals surface area contributed by atoms with Crippen LogP contribution in [0.15, 0.2) is 78.9 Å². The first-order valence-electron chi connectivity index (χ1n) is 14.5. The normalized spacial score (nSPS) is 13.7. The summed E-state index contributed by atoms with van der Waals surface area (Å²) in [6.07, 6.45) is 1.33. The van der Waals surface area contributed by atoms with E-state index in [1.54, 1.807) is 0 Å². The molecule has 0 saturated heterocycles. The van der Waals surface area contributed by atoms with Gasteiger partial charge in [-0.1, -0.05) is 99.6 Å². The average Bonchev–Trinajstić information content (AvgIpc) is 3.27. The molecule has 0 aromatic heterocycles. The summed E-state index contributed by atoms with van der Waals surface area (Å²) in [4.78, 5) is 26.1. The van der Waals surface area contributed by atoms with Crippen LogP contribution in [0.3, 0.4) is 0 Å². The fraction of sp³-hybridized carbons (Fsp3) is 0.412. The van der Waals surface area contributed by atoms with Gasteiger partial charge in [-0.25, -0.2) is 9.59 Å². The minimum absolute atomic E-state index is 0.0517. The van der Waals surface area contributed by atoms with Gasteiger partial charge in [0.2, 0.25) is 0 Å². The number of ether oxygens (including phenoxy) is 2. The maximum atomic E-state index is 13.1. The lowest BCUT2D eigenvalue weighted by atomic mass is 9.98. The molecular weight excluding hydrogens is 530 g/mol. The molecule has 0 aliphatic heterocycles. The monoisotopic (exact) mass is 573 g/mol. The molecule has 0 heterocycles. The molecule has 0 fully saturated rings. The van der Waals surface area contributed by atoms with Crippen molar-refractivity contribution in [2.75, 3.05) is 13.2 Å². The molecule has 218 valence electrons. The van der Waals surface area contributed by atoms with Crippen LogP contribution in [0.1, 0.15) is 62.6 Å². The number of hydrogen-bond acceptors (Lipinski definition) is 5. The largest absolute Gasteiger partial charge is 0.459 e. The fourth-order valence-corrected chi connectivity index (χ4v) is 5.94. The minimum Gasteiger partial charge on any atom is -0.459 e. The highest BCUT2D eigenvalue weighted by Gasteiger charge is 2.37. The molecular formula is C34H43NO5Si. The molecule has 0 bridgehead atoms. The number of hydrogen-bond donors (Lipinski definition) is 1. The Hall–Kier alpha value is -3.42. The second-order valence-electron chi connectivity index (χ2n) is 12.2. The molecule has 0 radical (unpaired) electrons. The topological polar surface area (TPSA) is 73.9 Å². The molecule has 0 spiro atoms. The van der Waals surface area contributed by atoms with E-state index >= 15 is 0 Å². The Labute approximate surface area is 245 Å². The van der Waals surface area contributed by atoms with Gasteiger partial charge in [0.15, 0.2) is 8.32 Å². The lowest BCUT2D eigenvalue weighted by molar-refractivity contribution is -0.147. The lowest BCUT2D eigenvalue weighted by Crippen LogP contribution is -2.42. The van der Waals surface area contributed by atoms with Crippen molar-refractivity contribution in [1.82, 2.24) is 5.32 Å². The molecule has 1 amide bonds. The Kier molecular flexibility index (Phi) is 10.0. The standard InChI is InChI=1S/C34H43NO5Si/c1-34(2,3)41(4,5)40-22-14-13-21-31(32(36)38-23-25-15-7-6-8-16-25)35-33(37)39-24-30-28-19-11-9-17-26(28)27-18-10-12-20-29(27)30/h6-12,15-20,30-31H,13-14,21-24H2,1-5H3,(H,35,37)/t31-/m0/s1. The second-order valence-corrected chi connectivity index (χ2v) is 17.0. The Morgan fingerprint density at radius 1 is 0.829 bits per heavy atom. The zero-order valence-electron chi connectivity index (χ0n) is 24.9. The van der Waals surface area contributed by atoms with Crippen LogP contribution in [0.5, 0.6) is 0 Å². The van der Waals surface area contributed by atoms with Crippen LogP contribution >= 0.6 is 0 Å². The number of carbonyl (C=O) groups excluding carboxylic acids is 2. The third-order valence-corrected chi connectivity index (χ3v) is 12.8. The number of benzene rings is 3. The Bertz CT molecular complexity index is 1270. The van der Waals surface area contributed by atoms with Gasteiger partial charge in [-0.05, 0) is 65.2 Å². The molecule has 1 N–H and O–H groups in total. The van der Waals surface area contributed by atoms with E-state index in [9.17, 15) is 9.59 Å². The van der Waals surface area contributed by atoms with Gasteiger partial charge < -0.3 is 19.2 Å². The van der Waals surface area contributed by atoms with Crippen molar-refractivity contribution in [1.29, 1.82) is 0 Å². The van der Waals surface area contributed by atoms with Crippen molar-refractivity contribution in [3.63, 3.8) is 0 Å². The van der Waals surface area contributed by atoms with Gasteiger partial charge in [0.25, 0.3) is 0 Å². The smallest absolute Gasteiger partial charge is 0.407 e. The van der Waals surface area contributed by atoms with E-state index in [2.05, 4.69) is 63.4 Å². The molecule has 0 saturated carbocycles. The fourth-order valence-electron chi connectivity index (χ4n) is 4.85. The molecule has 41 heavy (non-hydrogen) atoms. The van der Waals surface area contributed by atoms with Gasteiger partial charge in [-0.15, -0.1) is 0 Å². The maximum Gasteiger partial charge on any atom is 0.407 e. The highest BCUT2D eigenvalue weighted by molar-refractivity contribution is 6.74. The van der Waals surface area contributed by atoms with Gasteiger partial charge in [-0.2, -0.15) is 0 Å². The number of nitrogens with one attached hydrogen (secondary N) is 1. The van der Waals surface area contributed by atoms with Gasteiger partial charge >= 0.3 is 12.1 Å². The summed E-state index contributed by atoms with van der Waals surface area (Å²) < 4.78 is 17.6. The molecule has 1 aliphatic rings. The lowest BCUT2D eigenvalue weighted by Gasteiger charge is -2.36. The van der Waals surface area contributed by atoms with Gasteiger partial charge in [0.05, 0.1) is 0 Å². The number of unbranched alkanes of at least 4 members (excludes halogenated alkanes) is 1. The van der Waals surface area contributed by atoms with Crippen molar-refractivity contribution in [2.45, 2.75) is 76.7 Å². The number of fused-ring (bicyclic) bond motifs is 3. The highest BCUT2D eigenvalue weighted by atomic mass is 28.4. The summed E-state index contributed by atoms with van der Waals surface area (Å²) in [5.41, 5.74) is 5.51. The van der Waals surface area contributed by atoms with Crippen molar-refractivity contribution in [3.05, 3.63) is 95.6 Å². The molecule has 7 heteroatoms. The van der Waals surface area contributed by atoms with Crippen molar-refractivity contribution < 1.29 is 23.5 Å². The summed E-state index contributed by atoms with van der Waals surface area (Å²) in [6, 6.07) is 25.1. The molecule has 1 atom stereocenters. The van der Waals surface area contributed by atoms with E-state index in [0.717, 1.165) is 23.1 Å². The minimum atomic E-state index is -1.84. The molecule has 4 rings (SSSR count). The molecule has 3 aromatic rings. The quantitative estimate of drug-likeness (QED) is 0.136. The summed E-state index contributed by atoms with van der Waals surface area (Å²) in [7, 11) is -1.84. The Morgan fingerprint density at radius 3 is 2.02 bits per heavy atom. The first-order chi connectivity index (χ1) is 19.6. The summed E-state index contributed by atoms with van der Waals surface area (Å²) >= 11 is 0. The van der Waals surface area contributed by atoms with Crippen LogP contribution in [-0.2, 0) is 25.3 Å². The third kappa shape index (κ3) is 7.86. The van der Waals surface area contributed by atoms with Crippen molar-refractivity contribution in [3.8, 4) is 11.1 Å². The van der Waals surface area contributed by atoms with Crippen LogP contribution in [0.4, 0.5) is 4.79 Å². The highest BCUT2D eigenvalue weighted by Crippen LogP contribution is 2.44. The Balaban J connectivity index is 1.35. The first-order valence-corrected chi connectivity index (χ1v) is 17.4. The second kappa shape index (κ2) is 13.5. The van der Waals surface area contributed by atoms with Crippen molar-refractivity contribution >= 4 is 20.4 Å². The molecule has 1 aliphatic carbocycles. The number of esters is 1. The molecule has 3 aromatic carbocycles. The van der Waals surface area contributed by atoms with E-state index < -0.39 is 26.4 Å². The number of rotatable bonds is 12. The van der Waals surface area contributed by atoms with E-state index in [1.165, 1.54) is 11.1 Å². The molecule has 6 nitrogen and oxygen atoms in total. The van der Waals surface area contributed by atoms with Crippen LogP contribution in [0.2, 0.25) is 18.1 Å². The maximum absolute atomic E-state index is 13.1. The van der Waals surface area contributed by atoms with E-state index in [1.807, 2.05) is 54.6 Å². The number of alkyl carbamates (subject to hydrolysis) is 1. The predicted octanol–water partition coefficient (Wildman–Crippen LogP) is 7.83. The van der Waals surface area contributed by atoms with Crippen LogP contribution in [-0.4, -0.2) is 39.6 Å². The summed E-state index contributed by atoms with van der Waals surface area (Å²) in [5.74, 6) is -0.517. The predicted molar refractivity (Wildman–Crippen MR) is 165 cm³/mol. The van der Waals surface area contributed by atoms with Crippen LogP contribution in [0.25, 0.3) is 11.1 Å². The SMILES string of the molecule is CC(C)(C)[Si](C)(C)OCCCC[C@H](NC(=O)OCC1c2ccccc2-c2ccccc21)C(=O)OCc1ccccc1. The number of amides is 1.